The van der Waals surface area contributed by atoms with Crippen LogP contribution in [0.5, 0.6) is 5.75 Å². The van der Waals surface area contributed by atoms with Crippen molar-refractivity contribution in [1.82, 2.24) is 19.7 Å². The lowest BCUT2D eigenvalue weighted by molar-refractivity contribution is -0.129. The maximum atomic E-state index is 15.2. The van der Waals surface area contributed by atoms with Crippen molar-refractivity contribution in [2.24, 2.45) is 0 Å². The van der Waals surface area contributed by atoms with Gasteiger partial charge in [0.25, 0.3) is 5.91 Å². The second-order valence-electron chi connectivity index (χ2n) is 16.1. The van der Waals surface area contributed by atoms with Crippen LogP contribution in [-0.2, 0) is 32.2 Å². The summed E-state index contributed by atoms with van der Waals surface area (Å²) in [4.78, 5) is 53.1. The molecule has 0 N–H and O–H groups in total. The highest BCUT2D eigenvalue weighted by Crippen LogP contribution is 2.44. The quantitative estimate of drug-likeness (QED) is 0.139. The van der Waals surface area contributed by atoms with Crippen molar-refractivity contribution in [2.45, 2.75) is 103 Å². The number of carbonyl (C=O) groups excluding carboxylic acids is 3. The fourth-order valence-corrected chi connectivity index (χ4v) is 8.27. The van der Waals surface area contributed by atoms with Gasteiger partial charge in [-0.25, -0.2) is 23.4 Å². The summed E-state index contributed by atoms with van der Waals surface area (Å²) in [6.07, 6.45) is 2.30. The summed E-state index contributed by atoms with van der Waals surface area (Å²) in [7, 11) is 0. The van der Waals surface area contributed by atoms with E-state index < -0.39 is 57.9 Å². The van der Waals surface area contributed by atoms with E-state index in [1.165, 1.54) is 11.3 Å². The Hall–Kier alpha value is -3.69. The van der Waals surface area contributed by atoms with E-state index in [0.717, 1.165) is 25.0 Å². The molecule has 3 aromatic rings. The molecule has 11 nitrogen and oxygen atoms in total. The highest BCUT2D eigenvalue weighted by molar-refractivity contribution is 7.12. The van der Waals surface area contributed by atoms with E-state index in [9.17, 15) is 18.4 Å². The number of amides is 3. The third-order valence-electron chi connectivity index (χ3n) is 9.31. The first-order chi connectivity index (χ1) is 26.8. The standard InChI is InChI=1S/C40H45Cl3F2N4O7S/c1-39(2,3)55-37(51)47-19-24-16-25(30-17-46-31(57-30)21-53-14-15-54-35-28(45)13-12-27(44)34(35)43)32(29(20-47)49(24)38(52)56-40(4,5)6)36(50)48(23-10-11-23)18-22-8-7-9-26(41)33(22)42/h7-9,12-13,17,23-24,29H,10-11,14-16,18-21H2,1-6H3. The van der Waals surface area contributed by atoms with Crippen LogP contribution in [-0.4, -0.2) is 93.4 Å². The van der Waals surface area contributed by atoms with Gasteiger partial charge < -0.3 is 28.7 Å². The summed E-state index contributed by atoms with van der Waals surface area (Å²) >= 11 is 20.2. The Bertz CT molecular complexity index is 2050. The minimum atomic E-state index is -0.896. The van der Waals surface area contributed by atoms with E-state index in [1.54, 1.807) is 74.6 Å². The molecule has 3 heterocycles. The summed E-state index contributed by atoms with van der Waals surface area (Å²) in [6.45, 7) is 10.9. The van der Waals surface area contributed by atoms with Gasteiger partial charge in [0.2, 0.25) is 0 Å². The lowest BCUT2D eigenvalue weighted by atomic mass is 9.83. The van der Waals surface area contributed by atoms with Crippen LogP contribution < -0.4 is 4.74 Å². The maximum absolute atomic E-state index is 15.2. The average molecular weight is 870 g/mol. The van der Waals surface area contributed by atoms with Crippen LogP contribution in [0, 0.1) is 11.6 Å². The highest BCUT2D eigenvalue weighted by Gasteiger charge is 2.51. The molecule has 57 heavy (non-hydrogen) atoms. The molecule has 3 amide bonds. The normalized spacial score (nSPS) is 18.4. The largest absolute Gasteiger partial charge is 0.486 e. The van der Waals surface area contributed by atoms with Crippen molar-refractivity contribution < 1.29 is 42.1 Å². The molecule has 2 bridgehead atoms. The van der Waals surface area contributed by atoms with E-state index in [1.807, 2.05) is 6.07 Å². The second-order valence-corrected chi connectivity index (χ2v) is 18.4. The fourth-order valence-electron chi connectivity index (χ4n) is 6.76. The Morgan fingerprint density at radius 2 is 1.60 bits per heavy atom. The number of ether oxygens (including phenoxy) is 4. The van der Waals surface area contributed by atoms with Crippen molar-refractivity contribution >= 4 is 69.8 Å². The molecule has 308 valence electrons. The molecule has 0 spiro atoms. The van der Waals surface area contributed by atoms with Gasteiger partial charge in [0.05, 0.1) is 40.2 Å². The Labute approximate surface area is 349 Å². The number of aromatic nitrogens is 1. The topological polar surface area (TPSA) is 111 Å². The van der Waals surface area contributed by atoms with Gasteiger partial charge in [0.1, 0.15) is 33.7 Å². The van der Waals surface area contributed by atoms with E-state index in [4.69, 9.17) is 53.8 Å². The predicted octanol–water partition coefficient (Wildman–Crippen LogP) is 9.55. The number of nitrogens with zero attached hydrogens (tertiary/aromatic N) is 4. The molecule has 1 aromatic heterocycles. The van der Waals surface area contributed by atoms with Crippen molar-refractivity contribution in [3.63, 3.8) is 0 Å². The van der Waals surface area contributed by atoms with Gasteiger partial charge in [-0.2, -0.15) is 0 Å². The van der Waals surface area contributed by atoms with Crippen LogP contribution in [0.15, 0.2) is 42.1 Å². The Balaban J connectivity index is 1.34. The molecule has 2 aromatic carbocycles. The molecular formula is C40H45Cl3F2N4O7S. The van der Waals surface area contributed by atoms with E-state index in [2.05, 4.69) is 4.98 Å². The molecule has 1 saturated carbocycles. The zero-order valence-electron chi connectivity index (χ0n) is 32.5. The number of fused-ring (bicyclic) bond motifs is 2. The Kier molecular flexibility index (Phi) is 13.0. The van der Waals surface area contributed by atoms with Crippen molar-refractivity contribution in [3.8, 4) is 5.75 Å². The summed E-state index contributed by atoms with van der Waals surface area (Å²) < 4.78 is 50.7. The lowest BCUT2D eigenvalue weighted by Crippen LogP contribution is -2.66. The summed E-state index contributed by atoms with van der Waals surface area (Å²) in [5.41, 5.74) is 0.109. The first-order valence-corrected chi connectivity index (χ1v) is 20.5. The van der Waals surface area contributed by atoms with Gasteiger partial charge >= 0.3 is 12.2 Å². The molecular weight excluding hydrogens is 825 g/mol. The van der Waals surface area contributed by atoms with Gasteiger partial charge in [-0.3, -0.25) is 9.69 Å². The molecule has 3 aliphatic rings. The van der Waals surface area contributed by atoms with E-state index in [-0.39, 0.29) is 57.8 Å². The van der Waals surface area contributed by atoms with Crippen LogP contribution in [0.25, 0.3) is 5.57 Å². The predicted molar refractivity (Wildman–Crippen MR) is 214 cm³/mol. The number of piperazine rings is 1. The molecule has 2 aliphatic heterocycles. The summed E-state index contributed by atoms with van der Waals surface area (Å²) in [6, 6.07) is 5.59. The van der Waals surface area contributed by atoms with E-state index in [0.29, 0.717) is 36.6 Å². The number of carbonyl (C=O) groups is 3. The zero-order valence-corrected chi connectivity index (χ0v) is 35.6. The third-order valence-corrected chi connectivity index (χ3v) is 11.6. The van der Waals surface area contributed by atoms with Gasteiger partial charge in [-0.15, -0.1) is 11.3 Å². The van der Waals surface area contributed by atoms with Crippen LogP contribution in [0.4, 0.5) is 18.4 Å². The van der Waals surface area contributed by atoms with Crippen LogP contribution in [0.1, 0.15) is 76.3 Å². The van der Waals surface area contributed by atoms with Crippen molar-refractivity contribution in [2.75, 3.05) is 26.3 Å². The van der Waals surface area contributed by atoms with Gasteiger partial charge in [-0.05, 0) is 90.1 Å². The first kappa shape index (κ1) is 42.9. The number of hydrogen-bond donors (Lipinski definition) is 0. The molecule has 2 atom stereocenters. The first-order valence-electron chi connectivity index (χ1n) is 18.6. The van der Waals surface area contributed by atoms with Gasteiger partial charge in [0, 0.05) is 37.4 Å². The second kappa shape index (κ2) is 17.3. The van der Waals surface area contributed by atoms with Crippen LogP contribution in [0.3, 0.4) is 0 Å². The molecule has 1 aliphatic carbocycles. The summed E-state index contributed by atoms with van der Waals surface area (Å²) in [5.74, 6) is -2.30. The maximum Gasteiger partial charge on any atom is 0.411 e. The zero-order chi connectivity index (χ0) is 41.4. The van der Waals surface area contributed by atoms with Crippen LogP contribution in [0.2, 0.25) is 15.1 Å². The van der Waals surface area contributed by atoms with Gasteiger partial charge in [0.15, 0.2) is 11.6 Å². The van der Waals surface area contributed by atoms with Crippen LogP contribution >= 0.6 is 46.1 Å². The number of benzene rings is 2. The smallest absolute Gasteiger partial charge is 0.411 e. The highest BCUT2D eigenvalue weighted by atomic mass is 35.5. The third kappa shape index (κ3) is 10.3. The minimum absolute atomic E-state index is 0.0175. The minimum Gasteiger partial charge on any atom is -0.486 e. The number of thiazole rings is 1. The summed E-state index contributed by atoms with van der Waals surface area (Å²) in [5, 5.41) is 0.844. The average Bonchev–Trinajstić information content (AvgIpc) is 3.85. The molecule has 17 heteroatoms. The number of hydrogen-bond acceptors (Lipinski definition) is 9. The molecule has 1 saturated heterocycles. The lowest BCUT2D eigenvalue weighted by Gasteiger charge is -2.51. The Morgan fingerprint density at radius 3 is 2.28 bits per heavy atom. The van der Waals surface area contributed by atoms with Crippen molar-refractivity contribution in [3.05, 3.63) is 84.3 Å². The van der Waals surface area contributed by atoms with E-state index >= 15 is 4.79 Å². The molecule has 0 radical (unpaired) electrons. The SMILES string of the molecule is CC(C)(C)OC(=O)N1CC2CC(c3cnc(COCCOc4c(F)ccc(F)c4Cl)s3)=C(C(=O)N(Cc3cccc(Cl)c3Cl)C3CC3)C(C1)N2C(=O)OC(C)(C)C. The number of rotatable bonds is 11. The molecule has 2 unspecified atom stereocenters. The fraction of sp³-hybridized carbons (Fsp3) is 0.500. The van der Waals surface area contributed by atoms with Crippen molar-refractivity contribution in [1.29, 1.82) is 0 Å². The monoisotopic (exact) mass is 868 g/mol. The Morgan fingerprint density at radius 1 is 0.912 bits per heavy atom. The molecule has 2 fully saturated rings. The molecule has 6 rings (SSSR count). The number of halogens is 5. The van der Waals surface area contributed by atoms with Gasteiger partial charge in [-0.1, -0.05) is 46.9 Å².